The van der Waals surface area contributed by atoms with Gasteiger partial charge in [0.15, 0.2) is 0 Å². The number of nitrogens with zero attached hydrogens (tertiary/aromatic N) is 1. The van der Waals surface area contributed by atoms with Crippen LogP contribution in [0.25, 0.3) is 77.6 Å². The molecule has 1 heterocycles. The van der Waals surface area contributed by atoms with Gasteiger partial charge in [0.25, 0.3) is 0 Å². The second-order valence-electron chi connectivity index (χ2n) is 18.1. The smallest absolute Gasteiger partial charge is 0.143 e. The molecular formula is C60H45NO. The van der Waals surface area contributed by atoms with Gasteiger partial charge in [0, 0.05) is 44.1 Å². The van der Waals surface area contributed by atoms with E-state index in [9.17, 15) is 0 Å². The molecule has 0 saturated carbocycles. The normalized spacial score (nSPS) is 14.1. The molecule has 0 atom stereocenters. The number of hydrogen-bond donors (Lipinski definition) is 0. The van der Waals surface area contributed by atoms with E-state index in [1.165, 1.54) is 66.8 Å². The molecule has 0 spiro atoms. The van der Waals surface area contributed by atoms with E-state index in [1.54, 1.807) is 0 Å². The zero-order valence-corrected chi connectivity index (χ0v) is 35.4. The molecule has 2 heteroatoms. The van der Waals surface area contributed by atoms with Crippen molar-refractivity contribution < 1.29 is 4.42 Å². The predicted octanol–water partition coefficient (Wildman–Crippen LogP) is 16.7. The molecule has 296 valence electrons. The molecule has 2 aliphatic rings. The van der Waals surface area contributed by atoms with Crippen molar-refractivity contribution in [2.45, 2.75) is 38.5 Å². The first-order valence-corrected chi connectivity index (χ1v) is 21.8. The van der Waals surface area contributed by atoms with Gasteiger partial charge in [-0.05, 0) is 109 Å². The Kier molecular flexibility index (Phi) is 7.96. The van der Waals surface area contributed by atoms with E-state index in [1.807, 2.05) is 6.07 Å². The average Bonchev–Trinajstić information content (AvgIpc) is 3.89. The summed E-state index contributed by atoms with van der Waals surface area (Å²) < 4.78 is 6.50. The molecule has 1 aromatic heterocycles. The van der Waals surface area contributed by atoms with Crippen molar-refractivity contribution in [3.05, 3.63) is 222 Å². The van der Waals surface area contributed by atoms with E-state index in [0.717, 1.165) is 50.1 Å². The zero-order chi connectivity index (χ0) is 41.7. The van der Waals surface area contributed by atoms with Crippen LogP contribution in [-0.4, -0.2) is 0 Å². The first-order chi connectivity index (χ1) is 30.3. The third-order valence-corrected chi connectivity index (χ3v) is 13.9. The van der Waals surface area contributed by atoms with Gasteiger partial charge in [0.2, 0.25) is 0 Å². The molecule has 0 unspecified atom stereocenters. The molecule has 10 aromatic rings. The fraction of sp³-hybridized carbons (Fsp3) is 0.100. The largest absolute Gasteiger partial charge is 0.455 e. The topological polar surface area (TPSA) is 16.4 Å². The molecule has 0 amide bonds. The lowest BCUT2D eigenvalue weighted by Crippen LogP contribution is -2.17. The fourth-order valence-corrected chi connectivity index (χ4v) is 10.8. The summed E-state index contributed by atoms with van der Waals surface area (Å²) >= 11 is 0. The Balaban J connectivity index is 1.03. The Morgan fingerprint density at radius 1 is 0.339 bits per heavy atom. The van der Waals surface area contributed by atoms with Gasteiger partial charge in [-0.15, -0.1) is 0 Å². The summed E-state index contributed by atoms with van der Waals surface area (Å²) in [4.78, 5) is 2.46. The Morgan fingerprint density at radius 3 is 1.65 bits per heavy atom. The van der Waals surface area contributed by atoms with Crippen molar-refractivity contribution in [1.82, 2.24) is 0 Å². The summed E-state index contributed by atoms with van der Waals surface area (Å²) in [6.07, 6.45) is 0. The molecular weight excluding hydrogens is 751 g/mol. The summed E-state index contributed by atoms with van der Waals surface area (Å²) in [6.45, 7) is 9.42. The maximum atomic E-state index is 6.50. The minimum atomic E-state index is -0.143. The van der Waals surface area contributed by atoms with Crippen LogP contribution in [0.4, 0.5) is 17.1 Å². The van der Waals surface area contributed by atoms with Crippen LogP contribution in [0.5, 0.6) is 0 Å². The van der Waals surface area contributed by atoms with Crippen LogP contribution in [0, 0.1) is 0 Å². The van der Waals surface area contributed by atoms with E-state index in [-0.39, 0.29) is 10.8 Å². The highest BCUT2D eigenvalue weighted by Gasteiger charge is 2.37. The molecule has 0 N–H and O–H groups in total. The predicted molar refractivity (Wildman–Crippen MR) is 260 cm³/mol. The van der Waals surface area contributed by atoms with E-state index in [0.29, 0.717) is 0 Å². The highest BCUT2D eigenvalue weighted by molar-refractivity contribution is 6.09. The van der Waals surface area contributed by atoms with Crippen LogP contribution in [0.1, 0.15) is 49.9 Å². The third kappa shape index (κ3) is 5.36. The van der Waals surface area contributed by atoms with Crippen LogP contribution in [0.3, 0.4) is 0 Å². The quantitative estimate of drug-likeness (QED) is 0.167. The molecule has 2 aliphatic carbocycles. The summed E-state index contributed by atoms with van der Waals surface area (Å²) in [6, 6.07) is 73.6. The van der Waals surface area contributed by atoms with Crippen LogP contribution in [-0.2, 0) is 10.8 Å². The van der Waals surface area contributed by atoms with E-state index in [4.69, 9.17) is 4.42 Å². The van der Waals surface area contributed by atoms with Gasteiger partial charge >= 0.3 is 0 Å². The number of hydrogen-bond acceptors (Lipinski definition) is 2. The van der Waals surface area contributed by atoms with Crippen molar-refractivity contribution in [2.75, 3.05) is 4.90 Å². The third-order valence-electron chi connectivity index (χ3n) is 13.9. The lowest BCUT2D eigenvalue weighted by atomic mass is 9.82. The number of anilines is 3. The van der Waals surface area contributed by atoms with Crippen LogP contribution in [0.15, 0.2) is 205 Å². The minimum absolute atomic E-state index is 0.0446. The van der Waals surface area contributed by atoms with Crippen molar-refractivity contribution in [2.24, 2.45) is 0 Å². The summed E-state index contributed by atoms with van der Waals surface area (Å²) in [5.74, 6) is 0. The molecule has 12 rings (SSSR count). The summed E-state index contributed by atoms with van der Waals surface area (Å²) in [5.41, 5.74) is 22.7. The van der Waals surface area contributed by atoms with Gasteiger partial charge in [0.05, 0.1) is 5.69 Å². The van der Waals surface area contributed by atoms with Gasteiger partial charge in [-0.2, -0.15) is 0 Å². The number of benzene rings is 9. The maximum absolute atomic E-state index is 6.50. The lowest BCUT2D eigenvalue weighted by molar-refractivity contribution is 0.660. The van der Waals surface area contributed by atoms with Gasteiger partial charge in [-0.25, -0.2) is 0 Å². The first-order valence-electron chi connectivity index (χ1n) is 21.8. The van der Waals surface area contributed by atoms with Gasteiger partial charge < -0.3 is 9.32 Å². The average molecular weight is 796 g/mol. The van der Waals surface area contributed by atoms with Crippen LogP contribution < -0.4 is 4.90 Å². The first kappa shape index (κ1) is 36.4. The Hall–Kier alpha value is -7.42. The number of furan rings is 1. The maximum Gasteiger partial charge on any atom is 0.143 e. The van der Waals surface area contributed by atoms with E-state index in [2.05, 4.69) is 227 Å². The van der Waals surface area contributed by atoms with Gasteiger partial charge in [0.1, 0.15) is 11.2 Å². The van der Waals surface area contributed by atoms with Crippen LogP contribution >= 0.6 is 0 Å². The van der Waals surface area contributed by atoms with Crippen molar-refractivity contribution in [3.63, 3.8) is 0 Å². The SMILES string of the molecule is CC1(C)c2ccccc2-c2cc(-c3ccccc3-c3ccccc3N(c3ccc(-c4cccc5c4oc4ccccc45)cc3)c3ccc4c(c3)C(C)(C)c3ccccc3-4)ccc21. The highest BCUT2D eigenvalue weighted by atomic mass is 16.3. The van der Waals surface area contributed by atoms with Crippen molar-refractivity contribution in [3.8, 4) is 55.6 Å². The monoisotopic (exact) mass is 795 g/mol. The minimum Gasteiger partial charge on any atom is -0.455 e. The molecule has 0 radical (unpaired) electrons. The molecule has 0 aliphatic heterocycles. The number of fused-ring (bicyclic) bond motifs is 9. The number of rotatable bonds is 6. The molecule has 2 nitrogen and oxygen atoms in total. The standard InChI is InChI=1S/C60H45NO/c1-59(2)53-25-12-8-19-46(53)51-36-39(30-35-54(51)59)42-16-5-6-17-44(42)48-20-9-13-26-56(48)61(41-33-34-47-45-18-7-11-24-52(45)60(3,4)55(47)37-41)40-31-28-38(29-32-40)43-22-15-23-50-49-21-10-14-27-57(49)62-58(43)50/h5-37H,1-4H3. The molecule has 0 bridgehead atoms. The van der Waals surface area contributed by atoms with Crippen molar-refractivity contribution >= 4 is 39.0 Å². The fourth-order valence-electron chi connectivity index (χ4n) is 10.8. The number of para-hydroxylation sites is 3. The summed E-state index contributed by atoms with van der Waals surface area (Å²) in [5, 5.41) is 2.27. The van der Waals surface area contributed by atoms with Gasteiger partial charge in [-0.3, -0.25) is 0 Å². The highest BCUT2D eigenvalue weighted by Crippen LogP contribution is 2.53. The second-order valence-corrected chi connectivity index (χ2v) is 18.1. The second kappa shape index (κ2) is 13.5. The van der Waals surface area contributed by atoms with E-state index >= 15 is 0 Å². The molecule has 0 fully saturated rings. The zero-order valence-electron chi connectivity index (χ0n) is 35.4. The molecule has 9 aromatic carbocycles. The Bertz CT molecular complexity index is 3420. The molecule has 0 saturated heterocycles. The lowest BCUT2D eigenvalue weighted by Gasteiger charge is -2.30. The Labute approximate surface area is 363 Å². The molecule has 62 heavy (non-hydrogen) atoms. The summed E-state index contributed by atoms with van der Waals surface area (Å²) in [7, 11) is 0. The van der Waals surface area contributed by atoms with Crippen molar-refractivity contribution in [1.29, 1.82) is 0 Å². The Morgan fingerprint density at radius 2 is 0.871 bits per heavy atom. The van der Waals surface area contributed by atoms with E-state index < -0.39 is 0 Å². The van der Waals surface area contributed by atoms with Gasteiger partial charge in [-0.1, -0.05) is 185 Å². The van der Waals surface area contributed by atoms with Crippen LogP contribution in [0.2, 0.25) is 0 Å².